The monoisotopic (exact) mass is 165 g/mol. The molecule has 1 atom stereocenters. The number of rotatable bonds is 3. The second-order valence-electron chi connectivity index (χ2n) is 3.13. The van der Waals surface area contributed by atoms with Crippen molar-refractivity contribution < 1.29 is 5.11 Å². The fourth-order valence-electron chi connectivity index (χ4n) is 1.12. The van der Waals surface area contributed by atoms with Crippen molar-refractivity contribution in [2.75, 3.05) is 5.73 Å². The van der Waals surface area contributed by atoms with E-state index in [2.05, 4.69) is 0 Å². The first-order valence-corrected chi connectivity index (χ1v) is 4.21. The molecule has 0 saturated carbocycles. The van der Waals surface area contributed by atoms with Gasteiger partial charge in [-0.2, -0.15) is 0 Å². The highest BCUT2D eigenvalue weighted by molar-refractivity contribution is 5.40. The molecule has 0 radical (unpaired) electrons. The lowest BCUT2D eigenvalue weighted by molar-refractivity contribution is 0.185. The van der Waals surface area contributed by atoms with Gasteiger partial charge in [0, 0.05) is 5.69 Å². The first-order valence-electron chi connectivity index (χ1n) is 4.21. The predicted molar refractivity (Wildman–Crippen MR) is 50.9 cm³/mol. The van der Waals surface area contributed by atoms with Crippen molar-refractivity contribution in [3.05, 3.63) is 29.8 Å². The van der Waals surface area contributed by atoms with Crippen LogP contribution < -0.4 is 5.73 Å². The number of benzene rings is 1. The minimum Gasteiger partial charge on any atom is -0.399 e. The number of nitrogens with two attached hydrogens (primary N) is 1. The Morgan fingerprint density at radius 1 is 1.50 bits per heavy atom. The quantitative estimate of drug-likeness (QED) is 0.668. The highest BCUT2D eigenvalue weighted by Crippen LogP contribution is 2.09. The lowest BCUT2D eigenvalue weighted by atomic mass is 10.1. The van der Waals surface area contributed by atoms with Crippen LogP contribution in [0.3, 0.4) is 0 Å². The van der Waals surface area contributed by atoms with Crippen LogP contribution >= 0.6 is 0 Å². The summed E-state index contributed by atoms with van der Waals surface area (Å²) in [5, 5.41) is 9.05. The maximum atomic E-state index is 9.05. The first-order chi connectivity index (χ1) is 5.68. The molecule has 2 heteroatoms. The van der Waals surface area contributed by atoms with Gasteiger partial charge in [0.1, 0.15) is 0 Å². The Hall–Kier alpha value is -1.02. The largest absolute Gasteiger partial charge is 0.399 e. The molecule has 0 fully saturated rings. The Balaban J connectivity index is 2.52. The van der Waals surface area contributed by atoms with Gasteiger partial charge in [-0.05, 0) is 37.5 Å². The Kier molecular flexibility index (Phi) is 3.11. The molecule has 0 aromatic heterocycles. The SMILES string of the molecule is CC(O)CCc1cccc(N)c1. The minimum absolute atomic E-state index is 0.230. The molecule has 0 amide bonds. The van der Waals surface area contributed by atoms with Gasteiger partial charge in [-0.3, -0.25) is 0 Å². The van der Waals surface area contributed by atoms with E-state index in [9.17, 15) is 0 Å². The lowest BCUT2D eigenvalue weighted by Crippen LogP contribution is -2.01. The van der Waals surface area contributed by atoms with E-state index in [1.165, 1.54) is 5.56 Å². The van der Waals surface area contributed by atoms with Crippen molar-refractivity contribution in [1.82, 2.24) is 0 Å². The van der Waals surface area contributed by atoms with E-state index in [1.54, 1.807) is 6.92 Å². The summed E-state index contributed by atoms with van der Waals surface area (Å²) in [5.74, 6) is 0. The van der Waals surface area contributed by atoms with Gasteiger partial charge < -0.3 is 10.8 Å². The molecule has 0 spiro atoms. The smallest absolute Gasteiger partial charge is 0.0515 e. The molecular weight excluding hydrogens is 150 g/mol. The molecule has 1 rings (SSSR count). The summed E-state index contributed by atoms with van der Waals surface area (Å²) >= 11 is 0. The molecule has 1 aromatic rings. The maximum absolute atomic E-state index is 9.05. The van der Waals surface area contributed by atoms with E-state index >= 15 is 0 Å². The van der Waals surface area contributed by atoms with E-state index in [0.29, 0.717) is 0 Å². The fraction of sp³-hybridized carbons (Fsp3) is 0.400. The van der Waals surface area contributed by atoms with Crippen molar-refractivity contribution in [2.45, 2.75) is 25.9 Å². The molecule has 12 heavy (non-hydrogen) atoms. The Bertz CT molecular complexity index is 245. The number of aryl methyl sites for hydroxylation is 1. The van der Waals surface area contributed by atoms with Gasteiger partial charge in [-0.15, -0.1) is 0 Å². The topological polar surface area (TPSA) is 46.2 Å². The van der Waals surface area contributed by atoms with Crippen LogP contribution in [-0.2, 0) is 6.42 Å². The molecule has 0 bridgehead atoms. The number of aliphatic hydroxyl groups excluding tert-OH is 1. The first kappa shape index (κ1) is 9.07. The molecule has 0 heterocycles. The highest BCUT2D eigenvalue weighted by Gasteiger charge is 1.97. The van der Waals surface area contributed by atoms with Gasteiger partial charge in [-0.1, -0.05) is 12.1 Å². The third-order valence-electron chi connectivity index (χ3n) is 1.80. The summed E-state index contributed by atoms with van der Waals surface area (Å²) < 4.78 is 0. The maximum Gasteiger partial charge on any atom is 0.0515 e. The van der Waals surface area contributed by atoms with Gasteiger partial charge in [0.25, 0.3) is 0 Å². The van der Waals surface area contributed by atoms with E-state index in [-0.39, 0.29) is 6.10 Å². The second kappa shape index (κ2) is 4.12. The summed E-state index contributed by atoms with van der Waals surface area (Å²) in [5.41, 5.74) is 7.58. The standard InChI is InChI=1S/C10H15NO/c1-8(12)5-6-9-3-2-4-10(11)7-9/h2-4,7-8,12H,5-6,11H2,1H3. The van der Waals surface area contributed by atoms with Crippen molar-refractivity contribution in [3.8, 4) is 0 Å². The number of aliphatic hydroxyl groups is 1. The molecule has 66 valence electrons. The van der Waals surface area contributed by atoms with Crippen molar-refractivity contribution in [2.24, 2.45) is 0 Å². The zero-order valence-corrected chi connectivity index (χ0v) is 7.33. The molecule has 0 aliphatic heterocycles. The van der Waals surface area contributed by atoms with Gasteiger partial charge in [0.15, 0.2) is 0 Å². The summed E-state index contributed by atoms with van der Waals surface area (Å²) in [6.07, 6.45) is 1.46. The summed E-state index contributed by atoms with van der Waals surface area (Å²) in [6.45, 7) is 1.80. The van der Waals surface area contributed by atoms with Crippen LogP contribution in [0.25, 0.3) is 0 Å². The second-order valence-corrected chi connectivity index (χ2v) is 3.13. The highest BCUT2D eigenvalue weighted by atomic mass is 16.3. The van der Waals surface area contributed by atoms with E-state index in [0.717, 1.165) is 18.5 Å². The Morgan fingerprint density at radius 2 is 2.25 bits per heavy atom. The van der Waals surface area contributed by atoms with Crippen LogP contribution in [0.1, 0.15) is 18.9 Å². The molecule has 0 saturated heterocycles. The van der Waals surface area contributed by atoms with Crippen molar-refractivity contribution in [1.29, 1.82) is 0 Å². The van der Waals surface area contributed by atoms with Crippen LogP contribution in [0.4, 0.5) is 5.69 Å². The summed E-state index contributed by atoms with van der Waals surface area (Å²) in [7, 11) is 0. The molecule has 1 aromatic carbocycles. The number of hydrogen-bond acceptors (Lipinski definition) is 2. The Morgan fingerprint density at radius 3 is 2.83 bits per heavy atom. The minimum atomic E-state index is -0.230. The molecular formula is C10H15NO. The molecule has 3 N–H and O–H groups in total. The third-order valence-corrected chi connectivity index (χ3v) is 1.80. The van der Waals surface area contributed by atoms with Gasteiger partial charge >= 0.3 is 0 Å². The van der Waals surface area contributed by atoms with Crippen molar-refractivity contribution >= 4 is 5.69 Å². The molecule has 0 aliphatic rings. The zero-order valence-electron chi connectivity index (χ0n) is 7.33. The number of nitrogen functional groups attached to an aromatic ring is 1. The van der Waals surface area contributed by atoms with Gasteiger partial charge in [-0.25, -0.2) is 0 Å². The number of anilines is 1. The van der Waals surface area contributed by atoms with Crippen LogP contribution in [-0.4, -0.2) is 11.2 Å². The lowest BCUT2D eigenvalue weighted by Gasteiger charge is -2.04. The molecule has 1 unspecified atom stereocenters. The van der Waals surface area contributed by atoms with Crippen LogP contribution in [0.5, 0.6) is 0 Å². The average molecular weight is 165 g/mol. The fourth-order valence-corrected chi connectivity index (χ4v) is 1.12. The van der Waals surface area contributed by atoms with Crippen LogP contribution in [0, 0.1) is 0 Å². The Labute approximate surface area is 73.0 Å². The molecule has 2 nitrogen and oxygen atoms in total. The third kappa shape index (κ3) is 2.93. The van der Waals surface area contributed by atoms with Crippen molar-refractivity contribution in [3.63, 3.8) is 0 Å². The van der Waals surface area contributed by atoms with Crippen LogP contribution in [0.15, 0.2) is 24.3 Å². The normalized spacial score (nSPS) is 12.8. The zero-order chi connectivity index (χ0) is 8.97. The van der Waals surface area contributed by atoms with E-state index in [1.807, 2.05) is 24.3 Å². The van der Waals surface area contributed by atoms with E-state index in [4.69, 9.17) is 10.8 Å². The van der Waals surface area contributed by atoms with Gasteiger partial charge in [0.2, 0.25) is 0 Å². The predicted octanol–water partition coefficient (Wildman–Crippen LogP) is 1.58. The van der Waals surface area contributed by atoms with Gasteiger partial charge in [0.05, 0.1) is 6.10 Å². The van der Waals surface area contributed by atoms with E-state index < -0.39 is 0 Å². The summed E-state index contributed by atoms with van der Waals surface area (Å²) in [4.78, 5) is 0. The van der Waals surface area contributed by atoms with Crippen LogP contribution in [0.2, 0.25) is 0 Å². The summed E-state index contributed by atoms with van der Waals surface area (Å²) in [6, 6.07) is 7.78. The average Bonchev–Trinajstić information content (AvgIpc) is 2.01. The number of hydrogen-bond donors (Lipinski definition) is 2. The molecule has 0 aliphatic carbocycles.